The number of rotatable bonds is 9. The molecule has 0 heterocycles. The lowest BCUT2D eigenvalue weighted by atomic mass is 10.2. The lowest BCUT2D eigenvalue weighted by molar-refractivity contribution is 0.162. The number of nitrogens with zero attached hydrogens (tertiary/aromatic N) is 1. The predicted octanol–water partition coefficient (Wildman–Crippen LogP) is 0.266. The van der Waals surface area contributed by atoms with Crippen LogP contribution in [0.25, 0.3) is 0 Å². The normalized spacial score (nSPS) is 11.9. The van der Waals surface area contributed by atoms with Gasteiger partial charge in [0.1, 0.15) is 0 Å². The largest absolute Gasteiger partial charge is 0.398 e. The van der Waals surface area contributed by atoms with Gasteiger partial charge in [-0.05, 0) is 18.7 Å². The standard InChI is InChI=1S/C13H23N3O3S/c1-16(9-10-19-2)8-7-15-20(17,18)11-12-5-3-4-6-13(12)14/h3-6,15H,7-11,14H2,1-2H3. The zero-order chi connectivity index (χ0) is 15.0. The number of nitrogens with one attached hydrogen (secondary N) is 1. The quantitative estimate of drug-likeness (QED) is 0.639. The molecule has 0 bridgehead atoms. The minimum absolute atomic E-state index is 0.0958. The molecule has 0 aliphatic rings. The van der Waals surface area contributed by atoms with Crippen molar-refractivity contribution in [1.29, 1.82) is 0 Å². The van der Waals surface area contributed by atoms with Crippen LogP contribution in [0.15, 0.2) is 24.3 Å². The Hall–Kier alpha value is -1.15. The Balaban J connectivity index is 2.41. The third-order valence-corrected chi connectivity index (χ3v) is 4.23. The molecule has 0 saturated carbocycles. The highest BCUT2D eigenvalue weighted by molar-refractivity contribution is 7.88. The second kappa shape index (κ2) is 8.21. The molecule has 0 aliphatic heterocycles. The van der Waals surface area contributed by atoms with Gasteiger partial charge >= 0.3 is 0 Å². The van der Waals surface area contributed by atoms with Crippen molar-refractivity contribution in [3.63, 3.8) is 0 Å². The first-order valence-electron chi connectivity index (χ1n) is 6.43. The zero-order valence-corrected chi connectivity index (χ0v) is 12.8. The van der Waals surface area contributed by atoms with Crippen LogP contribution in [-0.4, -0.2) is 53.7 Å². The molecule has 0 aliphatic carbocycles. The second-order valence-corrected chi connectivity index (χ2v) is 6.46. The molecular weight excluding hydrogens is 278 g/mol. The number of ether oxygens (including phenoxy) is 1. The van der Waals surface area contributed by atoms with Crippen LogP contribution in [0.3, 0.4) is 0 Å². The molecule has 0 spiro atoms. The predicted molar refractivity (Wildman–Crippen MR) is 80.9 cm³/mol. The summed E-state index contributed by atoms with van der Waals surface area (Å²) in [5, 5.41) is 0. The molecule has 0 unspecified atom stereocenters. The minimum atomic E-state index is -3.36. The number of para-hydroxylation sites is 1. The first-order chi connectivity index (χ1) is 9.44. The molecule has 0 radical (unpaired) electrons. The van der Waals surface area contributed by atoms with E-state index in [0.717, 1.165) is 6.54 Å². The summed E-state index contributed by atoms with van der Waals surface area (Å²) in [6, 6.07) is 6.98. The van der Waals surface area contributed by atoms with Gasteiger partial charge in [-0.2, -0.15) is 0 Å². The maximum atomic E-state index is 11.9. The van der Waals surface area contributed by atoms with Crippen LogP contribution >= 0.6 is 0 Å². The van der Waals surface area contributed by atoms with E-state index >= 15 is 0 Å². The maximum Gasteiger partial charge on any atom is 0.215 e. The highest BCUT2D eigenvalue weighted by atomic mass is 32.2. The Kier molecular flexibility index (Phi) is 6.94. The fraction of sp³-hybridized carbons (Fsp3) is 0.538. The molecule has 0 saturated heterocycles. The first-order valence-corrected chi connectivity index (χ1v) is 8.08. The number of likely N-dealkylation sites (N-methyl/N-ethyl adjacent to an activating group) is 1. The monoisotopic (exact) mass is 301 g/mol. The zero-order valence-electron chi connectivity index (χ0n) is 12.0. The molecule has 20 heavy (non-hydrogen) atoms. The SMILES string of the molecule is COCCN(C)CCNS(=O)(=O)Cc1ccccc1N. The Morgan fingerprint density at radius 3 is 2.65 bits per heavy atom. The van der Waals surface area contributed by atoms with Crippen molar-refractivity contribution in [3.8, 4) is 0 Å². The molecule has 114 valence electrons. The number of benzene rings is 1. The minimum Gasteiger partial charge on any atom is -0.398 e. The van der Waals surface area contributed by atoms with Crippen molar-refractivity contribution in [1.82, 2.24) is 9.62 Å². The van der Waals surface area contributed by atoms with E-state index in [2.05, 4.69) is 4.72 Å². The smallest absolute Gasteiger partial charge is 0.215 e. The molecule has 0 aromatic heterocycles. The van der Waals surface area contributed by atoms with Crippen LogP contribution in [0.1, 0.15) is 5.56 Å². The van der Waals surface area contributed by atoms with Gasteiger partial charge in [0.2, 0.25) is 10.0 Å². The van der Waals surface area contributed by atoms with E-state index in [0.29, 0.717) is 30.9 Å². The van der Waals surface area contributed by atoms with E-state index in [-0.39, 0.29) is 5.75 Å². The molecule has 7 heteroatoms. The molecule has 0 amide bonds. The average molecular weight is 301 g/mol. The summed E-state index contributed by atoms with van der Waals surface area (Å²) in [5.74, 6) is -0.0958. The molecule has 1 rings (SSSR count). The van der Waals surface area contributed by atoms with Gasteiger partial charge in [0.05, 0.1) is 12.4 Å². The number of hydrogen-bond donors (Lipinski definition) is 2. The third-order valence-electron chi connectivity index (χ3n) is 2.89. The van der Waals surface area contributed by atoms with Crippen molar-refractivity contribution < 1.29 is 13.2 Å². The summed E-state index contributed by atoms with van der Waals surface area (Å²) in [4.78, 5) is 2.00. The fourth-order valence-corrected chi connectivity index (χ4v) is 2.85. The van der Waals surface area contributed by atoms with Crippen LogP contribution in [0, 0.1) is 0 Å². The fourth-order valence-electron chi connectivity index (χ4n) is 1.67. The van der Waals surface area contributed by atoms with Gasteiger partial charge in [-0.15, -0.1) is 0 Å². The van der Waals surface area contributed by atoms with Gasteiger partial charge in [0.15, 0.2) is 0 Å². The number of sulfonamides is 1. The number of nitrogen functional groups attached to an aromatic ring is 1. The summed E-state index contributed by atoms with van der Waals surface area (Å²) in [6.07, 6.45) is 0. The summed E-state index contributed by atoms with van der Waals surface area (Å²) < 4.78 is 31.4. The molecule has 3 N–H and O–H groups in total. The lowest BCUT2D eigenvalue weighted by Crippen LogP contribution is -2.35. The van der Waals surface area contributed by atoms with Crippen LogP contribution in [0.2, 0.25) is 0 Å². The van der Waals surface area contributed by atoms with Crippen LogP contribution in [0.5, 0.6) is 0 Å². The Morgan fingerprint density at radius 2 is 2.00 bits per heavy atom. The molecule has 0 fully saturated rings. The summed E-state index contributed by atoms with van der Waals surface area (Å²) in [7, 11) is 0.198. The van der Waals surface area contributed by atoms with Crippen molar-refractivity contribution in [2.24, 2.45) is 0 Å². The highest BCUT2D eigenvalue weighted by Gasteiger charge is 2.12. The first kappa shape index (κ1) is 16.9. The van der Waals surface area contributed by atoms with E-state index in [1.54, 1.807) is 31.4 Å². The van der Waals surface area contributed by atoms with Crippen molar-refractivity contribution in [3.05, 3.63) is 29.8 Å². The second-order valence-electron chi connectivity index (χ2n) is 4.65. The van der Waals surface area contributed by atoms with Crippen molar-refractivity contribution in [2.75, 3.05) is 46.1 Å². The Labute approximate surface area is 121 Å². The van der Waals surface area contributed by atoms with Crippen LogP contribution in [0.4, 0.5) is 5.69 Å². The van der Waals surface area contributed by atoms with E-state index < -0.39 is 10.0 Å². The van der Waals surface area contributed by atoms with Crippen LogP contribution in [-0.2, 0) is 20.5 Å². The van der Waals surface area contributed by atoms with Gasteiger partial charge < -0.3 is 15.4 Å². The topological polar surface area (TPSA) is 84.7 Å². The van der Waals surface area contributed by atoms with Crippen molar-refractivity contribution in [2.45, 2.75) is 5.75 Å². The lowest BCUT2D eigenvalue weighted by Gasteiger charge is -2.16. The molecule has 6 nitrogen and oxygen atoms in total. The van der Waals surface area contributed by atoms with Gasteiger partial charge in [-0.25, -0.2) is 13.1 Å². The van der Waals surface area contributed by atoms with E-state index in [4.69, 9.17) is 10.5 Å². The third kappa shape index (κ3) is 6.33. The molecule has 1 aromatic rings. The van der Waals surface area contributed by atoms with E-state index in [1.807, 2.05) is 11.9 Å². The number of hydrogen-bond acceptors (Lipinski definition) is 5. The van der Waals surface area contributed by atoms with Crippen molar-refractivity contribution >= 4 is 15.7 Å². The van der Waals surface area contributed by atoms with Gasteiger partial charge in [-0.3, -0.25) is 0 Å². The number of nitrogens with two attached hydrogens (primary N) is 1. The molecule has 0 atom stereocenters. The van der Waals surface area contributed by atoms with E-state index in [9.17, 15) is 8.42 Å². The Bertz CT molecular complexity index is 505. The van der Waals surface area contributed by atoms with Gasteiger partial charge in [0, 0.05) is 32.4 Å². The highest BCUT2D eigenvalue weighted by Crippen LogP contribution is 2.13. The number of anilines is 1. The summed E-state index contributed by atoms with van der Waals surface area (Å²) in [6.45, 7) is 2.40. The number of methoxy groups -OCH3 is 1. The summed E-state index contributed by atoms with van der Waals surface area (Å²) >= 11 is 0. The molecular formula is C13H23N3O3S. The Morgan fingerprint density at radius 1 is 1.30 bits per heavy atom. The van der Waals surface area contributed by atoms with Gasteiger partial charge in [-0.1, -0.05) is 18.2 Å². The maximum absolute atomic E-state index is 11.9. The molecule has 1 aromatic carbocycles. The van der Waals surface area contributed by atoms with E-state index in [1.165, 1.54) is 0 Å². The van der Waals surface area contributed by atoms with Crippen LogP contribution < -0.4 is 10.5 Å². The summed E-state index contributed by atoms with van der Waals surface area (Å²) in [5.41, 5.74) is 6.86. The average Bonchev–Trinajstić information content (AvgIpc) is 2.38. The van der Waals surface area contributed by atoms with Gasteiger partial charge in [0.25, 0.3) is 0 Å².